The van der Waals surface area contributed by atoms with E-state index in [1.807, 2.05) is 48.5 Å². The first kappa shape index (κ1) is 20.3. The number of methoxy groups -OCH3 is 1. The Hall–Kier alpha value is -4.00. The molecule has 4 aromatic rings. The molecule has 0 aliphatic rings. The van der Waals surface area contributed by atoms with Crippen molar-refractivity contribution in [3.05, 3.63) is 95.7 Å². The number of aromatic amines is 1. The molecule has 3 aromatic carbocycles. The number of aromatic nitrogens is 2. The van der Waals surface area contributed by atoms with Crippen LogP contribution in [0.25, 0.3) is 22.6 Å². The van der Waals surface area contributed by atoms with Crippen LogP contribution >= 0.6 is 0 Å². The normalized spacial score (nSPS) is 10.7. The molecule has 7 heteroatoms. The Bertz CT molecular complexity index is 1220. The average Bonchev–Trinajstić information content (AvgIpc) is 3.27. The molecule has 0 spiro atoms. The Labute approximate surface area is 177 Å². The zero-order valence-corrected chi connectivity index (χ0v) is 16.7. The highest BCUT2D eigenvalue weighted by Crippen LogP contribution is 2.25. The maximum Gasteiger partial charge on any atom is 0.251 e. The monoisotopic (exact) mass is 419 g/mol. The van der Waals surface area contributed by atoms with Crippen LogP contribution in [0.3, 0.4) is 0 Å². The van der Waals surface area contributed by atoms with Gasteiger partial charge in [0.15, 0.2) is 0 Å². The lowest BCUT2D eigenvalue weighted by molar-refractivity contribution is 0.0950. The summed E-state index contributed by atoms with van der Waals surface area (Å²) >= 11 is 0. The van der Waals surface area contributed by atoms with Gasteiger partial charge in [0.2, 0.25) is 0 Å². The van der Waals surface area contributed by atoms with Crippen molar-refractivity contribution in [2.75, 3.05) is 7.11 Å². The van der Waals surface area contributed by atoms with Crippen LogP contribution in [0.2, 0.25) is 0 Å². The van der Waals surface area contributed by atoms with E-state index in [0.717, 1.165) is 46.3 Å². The third-order valence-corrected chi connectivity index (χ3v) is 4.73. The number of benzene rings is 3. The van der Waals surface area contributed by atoms with Gasteiger partial charge in [0.05, 0.1) is 19.0 Å². The predicted molar refractivity (Wildman–Crippen MR) is 114 cm³/mol. The van der Waals surface area contributed by atoms with Crippen LogP contribution in [0.15, 0.2) is 72.9 Å². The topological polar surface area (TPSA) is 67.0 Å². The van der Waals surface area contributed by atoms with E-state index in [2.05, 4.69) is 15.3 Å². The number of carbonyl (C=O) groups excluding carboxylic acids is 1. The van der Waals surface area contributed by atoms with Gasteiger partial charge in [-0.05, 0) is 35.9 Å². The summed E-state index contributed by atoms with van der Waals surface area (Å²) in [6.45, 7) is 0.203. The van der Waals surface area contributed by atoms with E-state index < -0.39 is 17.5 Å². The van der Waals surface area contributed by atoms with Gasteiger partial charge in [-0.25, -0.2) is 13.8 Å². The summed E-state index contributed by atoms with van der Waals surface area (Å²) < 4.78 is 31.9. The summed E-state index contributed by atoms with van der Waals surface area (Å²) in [5.74, 6) is -0.710. The van der Waals surface area contributed by atoms with Crippen molar-refractivity contribution in [2.24, 2.45) is 0 Å². The van der Waals surface area contributed by atoms with Gasteiger partial charge >= 0.3 is 0 Å². The lowest BCUT2D eigenvalue weighted by Crippen LogP contribution is -2.23. The van der Waals surface area contributed by atoms with Crippen LogP contribution in [0.1, 0.15) is 15.9 Å². The van der Waals surface area contributed by atoms with Crippen LogP contribution in [0, 0.1) is 11.6 Å². The lowest BCUT2D eigenvalue weighted by atomic mass is 10.1. The molecule has 1 aromatic heterocycles. The molecule has 0 atom stereocenters. The van der Waals surface area contributed by atoms with Crippen LogP contribution < -0.4 is 10.1 Å². The van der Waals surface area contributed by atoms with E-state index >= 15 is 0 Å². The molecule has 0 aliphatic heterocycles. The Balaban J connectivity index is 1.48. The Morgan fingerprint density at radius 2 is 1.74 bits per heavy atom. The Morgan fingerprint density at radius 1 is 1.00 bits per heavy atom. The fourth-order valence-corrected chi connectivity index (χ4v) is 3.20. The second-order valence-electron chi connectivity index (χ2n) is 6.92. The number of rotatable bonds is 6. The van der Waals surface area contributed by atoms with E-state index in [1.165, 1.54) is 0 Å². The van der Waals surface area contributed by atoms with Crippen molar-refractivity contribution in [1.82, 2.24) is 15.3 Å². The minimum atomic E-state index is -0.795. The van der Waals surface area contributed by atoms with Gasteiger partial charge < -0.3 is 15.0 Å². The minimum Gasteiger partial charge on any atom is -0.497 e. The predicted octanol–water partition coefficient (Wildman–Crippen LogP) is 4.96. The molecule has 0 radical (unpaired) electrons. The summed E-state index contributed by atoms with van der Waals surface area (Å²) in [6, 6.07) is 17.9. The highest BCUT2D eigenvalue weighted by molar-refractivity contribution is 5.94. The van der Waals surface area contributed by atoms with Gasteiger partial charge in [0.1, 0.15) is 23.2 Å². The molecule has 5 nitrogen and oxygen atoms in total. The standard InChI is InChI=1S/C24H19F2N3O2/c1-31-21-7-3-5-16(11-21)22-14-27-23(29-22)17-6-2-4-15(8-17)13-28-24(30)18-9-19(25)12-20(26)10-18/h2-12,14H,13H2,1H3,(H,27,29)(H,28,30). The lowest BCUT2D eigenvalue weighted by Gasteiger charge is -2.07. The van der Waals surface area contributed by atoms with Gasteiger partial charge in [0.25, 0.3) is 5.91 Å². The van der Waals surface area contributed by atoms with Crippen LogP contribution in [0.4, 0.5) is 8.78 Å². The molecule has 156 valence electrons. The van der Waals surface area contributed by atoms with E-state index in [-0.39, 0.29) is 12.1 Å². The summed E-state index contributed by atoms with van der Waals surface area (Å²) in [4.78, 5) is 20.0. The molecular weight excluding hydrogens is 400 g/mol. The maximum absolute atomic E-state index is 13.3. The highest BCUT2D eigenvalue weighted by atomic mass is 19.1. The molecule has 1 heterocycles. The number of imidazole rings is 1. The smallest absolute Gasteiger partial charge is 0.251 e. The molecule has 1 amide bonds. The molecule has 4 rings (SSSR count). The number of nitrogens with one attached hydrogen (secondary N) is 2. The third kappa shape index (κ3) is 4.78. The molecule has 0 bridgehead atoms. The summed E-state index contributed by atoms with van der Waals surface area (Å²) in [5, 5.41) is 2.68. The number of ether oxygens (including phenoxy) is 1. The van der Waals surface area contributed by atoms with Crippen LogP contribution in [-0.2, 0) is 6.54 Å². The zero-order chi connectivity index (χ0) is 21.8. The van der Waals surface area contributed by atoms with E-state index in [4.69, 9.17) is 4.74 Å². The van der Waals surface area contributed by atoms with Crippen molar-refractivity contribution in [1.29, 1.82) is 0 Å². The second-order valence-corrected chi connectivity index (χ2v) is 6.92. The number of nitrogens with zero attached hydrogens (tertiary/aromatic N) is 1. The fourth-order valence-electron chi connectivity index (χ4n) is 3.20. The van der Waals surface area contributed by atoms with Crippen molar-refractivity contribution >= 4 is 5.91 Å². The van der Waals surface area contributed by atoms with Gasteiger partial charge in [-0.3, -0.25) is 4.79 Å². The van der Waals surface area contributed by atoms with E-state index in [0.29, 0.717) is 5.82 Å². The number of carbonyl (C=O) groups is 1. The van der Waals surface area contributed by atoms with Gasteiger partial charge in [-0.15, -0.1) is 0 Å². The first-order chi connectivity index (χ1) is 15.0. The number of halogens is 2. The van der Waals surface area contributed by atoms with E-state index in [1.54, 1.807) is 13.3 Å². The van der Waals surface area contributed by atoms with Crippen molar-refractivity contribution < 1.29 is 18.3 Å². The SMILES string of the molecule is COc1cccc(-c2cnc(-c3cccc(CNC(=O)c4cc(F)cc(F)c4)c3)[nH]2)c1. The minimum absolute atomic E-state index is 0.0670. The average molecular weight is 419 g/mol. The largest absolute Gasteiger partial charge is 0.497 e. The number of hydrogen-bond donors (Lipinski definition) is 2. The number of hydrogen-bond acceptors (Lipinski definition) is 3. The third-order valence-electron chi connectivity index (χ3n) is 4.73. The molecule has 0 fully saturated rings. The summed E-state index contributed by atoms with van der Waals surface area (Å²) in [6.07, 6.45) is 1.75. The second kappa shape index (κ2) is 8.79. The maximum atomic E-state index is 13.3. The fraction of sp³-hybridized carbons (Fsp3) is 0.0833. The van der Waals surface area contributed by atoms with Gasteiger partial charge in [0, 0.05) is 29.3 Å². The molecule has 0 unspecified atom stereocenters. The van der Waals surface area contributed by atoms with Crippen molar-refractivity contribution in [3.63, 3.8) is 0 Å². The number of H-pyrrole nitrogens is 1. The summed E-state index contributed by atoms with van der Waals surface area (Å²) in [7, 11) is 1.62. The first-order valence-corrected chi connectivity index (χ1v) is 9.55. The molecule has 0 saturated carbocycles. The zero-order valence-electron chi connectivity index (χ0n) is 16.7. The van der Waals surface area contributed by atoms with Crippen molar-refractivity contribution in [2.45, 2.75) is 6.54 Å². The Morgan fingerprint density at radius 3 is 2.52 bits per heavy atom. The molecule has 0 saturated heterocycles. The van der Waals surface area contributed by atoms with Gasteiger partial charge in [-0.1, -0.05) is 30.3 Å². The summed E-state index contributed by atoms with van der Waals surface area (Å²) in [5.41, 5.74) is 3.40. The van der Waals surface area contributed by atoms with Crippen molar-refractivity contribution in [3.8, 4) is 28.4 Å². The van der Waals surface area contributed by atoms with Crippen LogP contribution in [0.5, 0.6) is 5.75 Å². The van der Waals surface area contributed by atoms with E-state index in [9.17, 15) is 13.6 Å². The highest BCUT2D eigenvalue weighted by Gasteiger charge is 2.10. The molecule has 2 N–H and O–H groups in total. The first-order valence-electron chi connectivity index (χ1n) is 9.55. The quantitative estimate of drug-likeness (QED) is 0.464. The number of amides is 1. The van der Waals surface area contributed by atoms with Crippen LogP contribution in [-0.4, -0.2) is 23.0 Å². The molecular formula is C24H19F2N3O2. The Kier molecular flexibility index (Phi) is 5.75. The van der Waals surface area contributed by atoms with Gasteiger partial charge in [-0.2, -0.15) is 0 Å². The molecule has 0 aliphatic carbocycles. The molecule has 31 heavy (non-hydrogen) atoms.